The van der Waals surface area contributed by atoms with Crippen molar-refractivity contribution < 1.29 is 14.6 Å². The van der Waals surface area contributed by atoms with E-state index in [1.807, 2.05) is 32.0 Å². The standard InChI is InChI=1S/C13H17NO3/c1-3-17-11-6-4-5-9-10(11)7-8(2)14-12(9)13(15)16/h4-6,8,12,14H,3,7H2,1-2H3,(H,15,16). The quantitative estimate of drug-likeness (QED) is 0.838. The lowest BCUT2D eigenvalue weighted by molar-refractivity contribution is -0.140. The zero-order valence-electron chi connectivity index (χ0n) is 10.1. The number of carboxylic acid groups (broad SMARTS) is 1. The highest BCUT2D eigenvalue weighted by Gasteiger charge is 2.30. The number of ether oxygens (including phenoxy) is 1. The van der Waals surface area contributed by atoms with Crippen molar-refractivity contribution in [2.45, 2.75) is 32.4 Å². The molecule has 2 unspecified atom stereocenters. The Morgan fingerprint density at radius 3 is 3.00 bits per heavy atom. The number of nitrogens with one attached hydrogen (secondary N) is 1. The van der Waals surface area contributed by atoms with Gasteiger partial charge in [0, 0.05) is 11.6 Å². The van der Waals surface area contributed by atoms with Gasteiger partial charge in [-0.05, 0) is 31.9 Å². The Hall–Kier alpha value is -1.55. The molecular weight excluding hydrogens is 218 g/mol. The molecule has 1 aromatic carbocycles. The minimum atomic E-state index is -0.841. The van der Waals surface area contributed by atoms with Crippen LogP contribution in [0.25, 0.3) is 0 Å². The topological polar surface area (TPSA) is 58.6 Å². The van der Waals surface area contributed by atoms with E-state index in [1.165, 1.54) is 0 Å². The normalized spacial score (nSPS) is 22.9. The van der Waals surface area contributed by atoms with Crippen LogP contribution in [0.2, 0.25) is 0 Å². The average molecular weight is 235 g/mol. The van der Waals surface area contributed by atoms with Gasteiger partial charge in [0.1, 0.15) is 11.8 Å². The first kappa shape index (κ1) is 11.9. The van der Waals surface area contributed by atoms with Crippen LogP contribution in [0.1, 0.15) is 31.0 Å². The Balaban J connectivity index is 2.45. The van der Waals surface area contributed by atoms with Gasteiger partial charge < -0.3 is 9.84 Å². The summed E-state index contributed by atoms with van der Waals surface area (Å²) in [4.78, 5) is 11.2. The van der Waals surface area contributed by atoms with Gasteiger partial charge in [0.15, 0.2) is 0 Å². The number of aliphatic carboxylic acids is 1. The summed E-state index contributed by atoms with van der Waals surface area (Å²) < 4.78 is 5.56. The Morgan fingerprint density at radius 1 is 1.59 bits per heavy atom. The van der Waals surface area contributed by atoms with Crippen molar-refractivity contribution in [3.63, 3.8) is 0 Å². The van der Waals surface area contributed by atoms with Crippen molar-refractivity contribution in [1.29, 1.82) is 0 Å². The van der Waals surface area contributed by atoms with E-state index in [0.717, 1.165) is 23.3 Å². The molecule has 0 saturated carbocycles. The summed E-state index contributed by atoms with van der Waals surface area (Å²) in [5.74, 6) is -0.0314. The van der Waals surface area contributed by atoms with Crippen LogP contribution >= 0.6 is 0 Å². The molecule has 2 rings (SSSR count). The van der Waals surface area contributed by atoms with Gasteiger partial charge in [-0.2, -0.15) is 0 Å². The summed E-state index contributed by atoms with van der Waals surface area (Å²) in [5, 5.41) is 12.3. The number of rotatable bonds is 3. The second kappa shape index (κ2) is 4.75. The molecule has 4 heteroatoms. The minimum Gasteiger partial charge on any atom is -0.494 e. The van der Waals surface area contributed by atoms with E-state index in [4.69, 9.17) is 4.74 Å². The Kier molecular flexibility index (Phi) is 3.33. The van der Waals surface area contributed by atoms with Crippen LogP contribution in [0.4, 0.5) is 0 Å². The number of fused-ring (bicyclic) bond motifs is 1. The number of carboxylic acids is 1. The molecule has 17 heavy (non-hydrogen) atoms. The number of hydrogen-bond donors (Lipinski definition) is 2. The molecule has 1 aromatic rings. The maximum Gasteiger partial charge on any atom is 0.325 e. The molecule has 1 aliphatic heterocycles. The van der Waals surface area contributed by atoms with Crippen LogP contribution in [0.5, 0.6) is 5.75 Å². The lowest BCUT2D eigenvalue weighted by atomic mass is 9.90. The molecule has 2 N–H and O–H groups in total. The molecule has 4 nitrogen and oxygen atoms in total. The lowest BCUT2D eigenvalue weighted by Crippen LogP contribution is -2.41. The highest BCUT2D eigenvalue weighted by molar-refractivity contribution is 5.77. The Bertz CT molecular complexity index is 431. The molecule has 92 valence electrons. The number of hydrogen-bond acceptors (Lipinski definition) is 3. The maximum absolute atomic E-state index is 11.2. The van der Waals surface area contributed by atoms with E-state index in [9.17, 15) is 9.90 Å². The van der Waals surface area contributed by atoms with Gasteiger partial charge in [0.25, 0.3) is 0 Å². The van der Waals surface area contributed by atoms with Gasteiger partial charge >= 0.3 is 5.97 Å². The fraction of sp³-hybridized carbons (Fsp3) is 0.462. The summed E-state index contributed by atoms with van der Waals surface area (Å²) in [5.41, 5.74) is 1.84. The number of benzene rings is 1. The molecule has 0 aromatic heterocycles. The van der Waals surface area contributed by atoms with Crippen LogP contribution in [0, 0.1) is 0 Å². The molecule has 2 atom stereocenters. The van der Waals surface area contributed by atoms with E-state index in [1.54, 1.807) is 0 Å². The average Bonchev–Trinajstić information content (AvgIpc) is 2.29. The summed E-state index contributed by atoms with van der Waals surface area (Å²) >= 11 is 0. The van der Waals surface area contributed by atoms with E-state index < -0.39 is 12.0 Å². The third-order valence-electron chi connectivity index (χ3n) is 2.99. The molecule has 0 amide bonds. The fourth-order valence-electron chi connectivity index (χ4n) is 2.31. The van der Waals surface area contributed by atoms with E-state index in [-0.39, 0.29) is 6.04 Å². The molecule has 1 heterocycles. The fourth-order valence-corrected chi connectivity index (χ4v) is 2.31. The molecule has 0 saturated heterocycles. The first-order valence-corrected chi connectivity index (χ1v) is 5.87. The van der Waals surface area contributed by atoms with Crippen molar-refractivity contribution in [2.75, 3.05) is 6.61 Å². The van der Waals surface area contributed by atoms with Gasteiger partial charge in [-0.25, -0.2) is 0 Å². The third kappa shape index (κ3) is 2.26. The van der Waals surface area contributed by atoms with Gasteiger partial charge in [-0.1, -0.05) is 12.1 Å². The third-order valence-corrected chi connectivity index (χ3v) is 2.99. The minimum absolute atomic E-state index is 0.144. The first-order valence-electron chi connectivity index (χ1n) is 5.87. The highest BCUT2D eigenvalue weighted by Crippen LogP contribution is 2.32. The predicted octanol–water partition coefficient (Wildman–Crippen LogP) is 1.75. The molecule has 0 fully saturated rings. The first-order chi connectivity index (χ1) is 8.13. The maximum atomic E-state index is 11.2. The van der Waals surface area contributed by atoms with Crippen LogP contribution in [-0.2, 0) is 11.2 Å². The van der Waals surface area contributed by atoms with Crippen LogP contribution < -0.4 is 10.1 Å². The summed E-state index contributed by atoms with van der Waals surface area (Å²) in [7, 11) is 0. The van der Waals surface area contributed by atoms with Gasteiger partial charge in [-0.15, -0.1) is 0 Å². The van der Waals surface area contributed by atoms with Crippen LogP contribution in [0.15, 0.2) is 18.2 Å². The van der Waals surface area contributed by atoms with Crippen LogP contribution in [-0.4, -0.2) is 23.7 Å². The molecule has 0 radical (unpaired) electrons. The van der Waals surface area contributed by atoms with Gasteiger partial charge in [0.2, 0.25) is 0 Å². The second-order valence-corrected chi connectivity index (χ2v) is 4.30. The largest absolute Gasteiger partial charge is 0.494 e. The second-order valence-electron chi connectivity index (χ2n) is 4.30. The van der Waals surface area contributed by atoms with Gasteiger partial charge in [-0.3, -0.25) is 10.1 Å². The zero-order valence-corrected chi connectivity index (χ0v) is 10.1. The predicted molar refractivity (Wildman–Crippen MR) is 64.3 cm³/mol. The van der Waals surface area contributed by atoms with E-state index in [2.05, 4.69) is 5.32 Å². The lowest BCUT2D eigenvalue weighted by Gasteiger charge is -2.30. The van der Waals surface area contributed by atoms with Crippen molar-refractivity contribution >= 4 is 5.97 Å². The summed E-state index contributed by atoms with van der Waals surface area (Å²) in [6.45, 7) is 4.51. The molecule has 0 bridgehead atoms. The van der Waals surface area contributed by atoms with Gasteiger partial charge in [0.05, 0.1) is 6.61 Å². The van der Waals surface area contributed by atoms with E-state index >= 15 is 0 Å². The van der Waals surface area contributed by atoms with Crippen molar-refractivity contribution in [3.05, 3.63) is 29.3 Å². The van der Waals surface area contributed by atoms with Crippen molar-refractivity contribution in [2.24, 2.45) is 0 Å². The Morgan fingerprint density at radius 2 is 2.35 bits per heavy atom. The van der Waals surface area contributed by atoms with E-state index in [0.29, 0.717) is 6.61 Å². The number of carbonyl (C=O) groups is 1. The monoisotopic (exact) mass is 235 g/mol. The zero-order chi connectivity index (χ0) is 12.4. The SMILES string of the molecule is CCOc1cccc2c1CC(C)NC2C(=O)O. The molecule has 1 aliphatic rings. The Labute approximate surface area is 101 Å². The molecule has 0 aliphatic carbocycles. The smallest absolute Gasteiger partial charge is 0.325 e. The summed E-state index contributed by atoms with van der Waals surface area (Å²) in [6.07, 6.45) is 0.801. The van der Waals surface area contributed by atoms with Crippen molar-refractivity contribution in [1.82, 2.24) is 5.32 Å². The van der Waals surface area contributed by atoms with Crippen LogP contribution in [0.3, 0.4) is 0 Å². The highest BCUT2D eigenvalue weighted by atomic mass is 16.5. The molecular formula is C13H17NO3. The molecule has 0 spiro atoms. The van der Waals surface area contributed by atoms with Crippen molar-refractivity contribution in [3.8, 4) is 5.75 Å². The summed E-state index contributed by atoms with van der Waals surface area (Å²) in [6, 6.07) is 5.12.